The van der Waals surface area contributed by atoms with Gasteiger partial charge in [-0.05, 0) is 66.7 Å². The Labute approximate surface area is 159 Å². The van der Waals surface area contributed by atoms with Crippen molar-refractivity contribution in [1.82, 2.24) is 0 Å². The van der Waals surface area contributed by atoms with Crippen LogP contribution in [0.15, 0.2) is 17.1 Å². The highest BCUT2D eigenvalue weighted by Gasteiger charge is 2.46. The fourth-order valence-electron chi connectivity index (χ4n) is 3.61. The second kappa shape index (κ2) is 6.40. The van der Waals surface area contributed by atoms with Gasteiger partial charge >= 0.3 is 0 Å². The normalized spacial score (nSPS) is 30.5. The van der Waals surface area contributed by atoms with Crippen molar-refractivity contribution < 1.29 is 17.8 Å². The molecule has 1 unspecified atom stereocenters. The van der Waals surface area contributed by atoms with E-state index < -0.39 is 31.4 Å². The van der Waals surface area contributed by atoms with Crippen molar-refractivity contribution in [3.8, 4) is 0 Å². The molecule has 7 heteroatoms. The van der Waals surface area contributed by atoms with E-state index in [0.29, 0.717) is 5.56 Å². The molecule has 3 rings (SSSR count). The zero-order chi connectivity index (χ0) is 20.2. The molecule has 1 aromatic carbocycles. The van der Waals surface area contributed by atoms with Gasteiger partial charge in [-0.25, -0.2) is 8.78 Å². The van der Waals surface area contributed by atoms with Gasteiger partial charge in [-0.1, -0.05) is 6.42 Å². The van der Waals surface area contributed by atoms with Crippen molar-refractivity contribution in [3.05, 3.63) is 34.9 Å². The van der Waals surface area contributed by atoms with Gasteiger partial charge in [0.15, 0.2) is 11.6 Å². The van der Waals surface area contributed by atoms with Gasteiger partial charge in [0.25, 0.3) is 0 Å². The van der Waals surface area contributed by atoms with E-state index in [-0.39, 0.29) is 35.3 Å². The number of halogens is 2. The molecule has 1 heterocycles. The number of carbonyl (C=O) groups is 1. The Bertz CT molecular complexity index is 934. The third-order valence-electron chi connectivity index (χ3n) is 6.04. The second-order valence-corrected chi connectivity index (χ2v) is 11.4. The maximum Gasteiger partial charge on any atom is 0.164 e. The number of nitrogens with two attached hydrogens (primary N) is 1. The third kappa shape index (κ3) is 3.30. The number of hydrogen-bond donors (Lipinski definition) is 1. The molecule has 27 heavy (non-hydrogen) atoms. The first-order chi connectivity index (χ1) is 12.4. The number of nitrogens with zero attached hydrogens (tertiary/aromatic N) is 1. The van der Waals surface area contributed by atoms with Gasteiger partial charge in [0.1, 0.15) is 11.6 Å². The Morgan fingerprint density at radius 3 is 2.48 bits per heavy atom. The molecule has 0 amide bonds. The number of ketones is 1. The maximum absolute atomic E-state index is 14.7. The summed E-state index contributed by atoms with van der Waals surface area (Å²) in [6, 6.07) is 2.51. The molecule has 0 aromatic heterocycles. The summed E-state index contributed by atoms with van der Waals surface area (Å²) in [4.78, 5) is 16.7. The summed E-state index contributed by atoms with van der Waals surface area (Å²) in [5.41, 5.74) is 5.09. The molecule has 2 atom stereocenters. The van der Waals surface area contributed by atoms with Crippen LogP contribution < -0.4 is 5.73 Å². The van der Waals surface area contributed by atoms with Crippen LogP contribution in [0.25, 0.3) is 0 Å². The zero-order valence-corrected chi connectivity index (χ0v) is 16.8. The highest BCUT2D eigenvalue weighted by atomic mass is 32.2. The van der Waals surface area contributed by atoms with Crippen molar-refractivity contribution in [2.45, 2.75) is 56.7 Å². The zero-order valence-electron chi connectivity index (χ0n) is 16.0. The standard InChI is InChI=1S/C20H26F2N2O2S/c1-19(2)18(23)24-20(3,11-27(19,4)26)14-8-12(9-15(21)17(14)22)10-16(25)13-6-5-7-13/h8-9,13H,4-7,10-11H2,1-3H3,(H2,23,24)/t20-,27?/m0/s1. The monoisotopic (exact) mass is 396 g/mol. The second-order valence-electron chi connectivity index (χ2n) is 8.45. The highest BCUT2D eigenvalue weighted by Crippen LogP contribution is 2.39. The van der Waals surface area contributed by atoms with Crippen LogP contribution in [0.4, 0.5) is 8.78 Å². The summed E-state index contributed by atoms with van der Waals surface area (Å²) in [6.45, 7) is 4.95. The number of benzene rings is 1. The van der Waals surface area contributed by atoms with Gasteiger partial charge in [0.2, 0.25) is 0 Å². The molecule has 4 nitrogen and oxygen atoms in total. The first kappa shape index (κ1) is 20.0. The molecule has 1 aliphatic carbocycles. The Balaban J connectivity index is 2.05. The number of Topliss-reactive ketones (excluding diaryl/α,β-unsaturated/α-hetero) is 1. The minimum Gasteiger partial charge on any atom is -0.386 e. The number of rotatable bonds is 4. The summed E-state index contributed by atoms with van der Waals surface area (Å²) >= 11 is 0. The first-order valence-corrected chi connectivity index (χ1v) is 11.0. The van der Waals surface area contributed by atoms with E-state index in [2.05, 4.69) is 10.9 Å². The summed E-state index contributed by atoms with van der Waals surface area (Å²) in [5, 5.41) is 0. The van der Waals surface area contributed by atoms with Crippen LogP contribution >= 0.6 is 0 Å². The molecular formula is C20H26F2N2O2S. The lowest BCUT2D eigenvalue weighted by Crippen LogP contribution is -2.54. The molecule has 2 aliphatic rings. The third-order valence-corrected chi connectivity index (χ3v) is 9.13. The minimum absolute atomic E-state index is 0.0138. The average Bonchev–Trinajstić information content (AvgIpc) is 2.46. The maximum atomic E-state index is 14.7. The van der Waals surface area contributed by atoms with Crippen molar-refractivity contribution in [2.75, 3.05) is 5.75 Å². The highest BCUT2D eigenvalue weighted by molar-refractivity contribution is 8.02. The predicted molar refractivity (Wildman–Crippen MR) is 106 cm³/mol. The lowest BCUT2D eigenvalue weighted by atomic mass is 9.80. The van der Waals surface area contributed by atoms with Crippen LogP contribution in [0.1, 0.15) is 51.2 Å². The van der Waals surface area contributed by atoms with Gasteiger partial charge in [-0.2, -0.15) is 0 Å². The van der Waals surface area contributed by atoms with Crippen molar-refractivity contribution in [1.29, 1.82) is 0 Å². The van der Waals surface area contributed by atoms with Gasteiger partial charge in [-0.15, -0.1) is 0 Å². The molecule has 0 saturated heterocycles. The van der Waals surface area contributed by atoms with E-state index in [1.165, 1.54) is 6.07 Å². The molecular weight excluding hydrogens is 370 g/mol. The van der Waals surface area contributed by atoms with Gasteiger partial charge < -0.3 is 5.73 Å². The van der Waals surface area contributed by atoms with E-state index in [0.717, 1.165) is 25.3 Å². The van der Waals surface area contributed by atoms with Crippen LogP contribution in [0.5, 0.6) is 0 Å². The Morgan fingerprint density at radius 1 is 1.33 bits per heavy atom. The SMILES string of the molecule is C=S1(=O)C[C@@](C)(c2cc(CC(=O)C3CCC3)cc(F)c2F)N=C(N)C1(C)C. The summed E-state index contributed by atoms with van der Waals surface area (Å²) < 4.78 is 41.2. The smallest absolute Gasteiger partial charge is 0.164 e. The Hall–Kier alpha value is -1.76. The molecule has 0 bridgehead atoms. The van der Waals surface area contributed by atoms with Crippen LogP contribution in [0.2, 0.25) is 0 Å². The molecule has 1 aliphatic heterocycles. The fourth-order valence-corrected chi connectivity index (χ4v) is 5.53. The van der Waals surface area contributed by atoms with Crippen LogP contribution in [0, 0.1) is 17.6 Å². The quantitative estimate of drug-likeness (QED) is 0.796. The van der Waals surface area contributed by atoms with E-state index >= 15 is 0 Å². The number of carbonyl (C=O) groups excluding carboxylic acids is 1. The number of aliphatic imine (C=N–C) groups is 1. The first-order valence-electron chi connectivity index (χ1n) is 9.09. The topological polar surface area (TPSA) is 72.5 Å². The van der Waals surface area contributed by atoms with Crippen molar-refractivity contribution in [2.24, 2.45) is 16.6 Å². The largest absolute Gasteiger partial charge is 0.386 e. The van der Waals surface area contributed by atoms with Gasteiger partial charge in [0, 0.05) is 23.7 Å². The molecule has 2 N–H and O–H groups in total. The van der Waals surface area contributed by atoms with Crippen molar-refractivity contribution >= 4 is 27.0 Å². The van der Waals surface area contributed by atoms with Crippen molar-refractivity contribution in [3.63, 3.8) is 0 Å². The fraction of sp³-hybridized carbons (Fsp3) is 0.550. The van der Waals surface area contributed by atoms with E-state index in [1.807, 2.05) is 0 Å². The summed E-state index contributed by atoms with van der Waals surface area (Å²) in [5.74, 6) is 1.83. The molecule has 1 saturated carbocycles. The average molecular weight is 397 g/mol. The van der Waals surface area contributed by atoms with Crippen LogP contribution in [0.3, 0.4) is 0 Å². The molecule has 1 aromatic rings. The van der Waals surface area contributed by atoms with Crippen LogP contribution in [-0.4, -0.2) is 32.2 Å². The molecule has 0 radical (unpaired) electrons. The lowest BCUT2D eigenvalue weighted by Gasteiger charge is -2.41. The number of hydrogen-bond acceptors (Lipinski definition) is 4. The Morgan fingerprint density at radius 2 is 1.96 bits per heavy atom. The number of amidine groups is 1. The molecule has 0 spiro atoms. The summed E-state index contributed by atoms with van der Waals surface area (Å²) in [6.07, 6.45) is 2.79. The summed E-state index contributed by atoms with van der Waals surface area (Å²) in [7, 11) is -2.75. The Kier molecular flexibility index (Phi) is 4.74. The predicted octanol–water partition coefficient (Wildman–Crippen LogP) is 2.96. The van der Waals surface area contributed by atoms with E-state index in [1.54, 1.807) is 20.8 Å². The van der Waals surface area contributed by atoms with Crippen LogP contribution in [-0.2, 0) is 26.3 Å². The van der Waals surface area contributed by atoms with Gasteiger partial charge in [-0.3, -0.25) is 14.0 Å². The van der Waals surface area contributed by atoms with Gasteiger partial charge in [0.05, 0.1) is 10.3 Å². The molecule has 1 fully saturated rings. The molecule has 148 valence electrons. The minimum atomic E-state index is -2.75. The van der Waals surface area contributed by atoms with E-state index in [4.69, 9.17) is 5.73 Å². The lowest BCUT2D eigenvalue weighted by molar-refractivity contribution is -0.124. The van der Waals surface area contributed by atoms with E-state index in [9.17, 15) is 17.8 Å².